The largest absolute Gasteiger partial charge is 0.388 e. The van der Waals surface area contributed by atoms with Crippen molar-refractivity contribution < 1.29 is 0 Å². The predicted octanol–water partition coefficient (Wildman–Crippen LogP) is 2.82. The Morgan fingerprint density at radius 2 is 2.31 bits per heavy atom. The number of rotatable bonds is 5. The summed E-state index contributed by atoms with van der Waals surface area (Å²) in [5, 5.41) is 3.51. The molecule has 0 bridgehead atoms. The van der Waals surface area contributed by atoms with Crippen molar-refractivity contribution in [3.8, 4) is 0 Å². The third kappa shape index (κ3) is 4.40. The lowest BCUT2D eigenvalue weighted by molar-refractivity contribution is 0.417. The Morgan fingerprint density at radius 1 is 1.50 bits per heavy atom. The van der Waals surface area contributed by atoms with Crippen LogP contribution < -0.4 is 11.1 Å². The molecular weight excluding hydrogens is 196 g/mol. The first-order valence-corrected chi connectivity index (χ1v) is 6.57. The van der Waals surface area contributed by atoms with Crippen LogP contribution in [0.5, 0.6) is 0 Å². The van der Waals surface area contributed by atoms with E-state index >= 15 is 0 Å². The molecule has 2 nitrogen and oxygen atoms in total. The van der Waals surface area contributed by atoms with Crippen LogP contribution in [0.3, 0.4) is 0 Å². The Kier molecular flexibility index (Phi) is 6.24. The number of nitrogens with two attached hydrogens (primary N) is 1. The average molecular weight is 222 g/mol. The minimum Gasteiger partial charge on any atom is -0.388 e. The van der Waals surface area contributed by atoms with Gasteiger partial charge in [-0.05, 0) is 50.3 Å². The zero-order valence-corrected chi connectivity index (χ0v) is 10.7. The molecule has 3 N–H and O–H groups in total. The maximum absolute atomic E-state index is 5.61. The molecular formula is C14H26N2. The van der Waals surface area contributed by atoms with Crippen LogP contribution in [0.25, 0.3) is 0 Å². The van der Waals surface area contributed by atoms with Crippen LogP contribution in [0.1, 0.15) is 39.5 Å². The fourth-order valence-electron chi connectivity index (χ4n) is 2.24. The molecule has 1 aliphatic rings. The number of allylic oxidation sites excluding steroid dienone is 2. The van der Waals surface area contributed by atoms with Crippen LogP contribution in [-0.2, 0) is 0 Å². The molecule has 0 amide bonds. The summed E-state index contributed by atoms with van der Waals surface area (Å²) >= 11 is 0. The summed E-state index contributed by atoms with van der Waals surface area (Å²) in [5.74, 6) is 1.28. The van der Waals surface area contributed by atoms with Crippen LogP contribution in [-0.4, -0.2) is 12.6 Å². The zero-order chi connectivity index (χ0) is 11.8. The fraction of sp³-hybridized carbons (Fsp3) is 0.714. The van der Waals surface area contributed by atoms with Crippen LogP contribution in [0.4, 0.5) is 0 Å². The zero-order valence-electron chi connectivity index (χ0n) is 10.7. The molecule has 0 aliphatic carbocycles. The van der Waals surface area contributed by atoms with Gasteiger partial charge in [-0.1, -0.05) is 32.1 Å². The lowest BCUT2D eigenvalue weighted by Crippen LogP contribution is -2.29. The van der Waals surface area contributed by atoms with E-state index in [2.05, 4.69) is 43.6 Å². The van der Waals surface area contributed by atoms with Crippen molar-refractivity contribution in [3.63, 3.8) is 0 Å². The van der Waals surface area contributed by atoms with Gasteiger partial charge in [-0.2, -0.15) is 0 Å². The second-order valence-electron chi connectivity index (χ2n) is 4.74. The van der Waals surface area contributed by atoms with Crippen LogP contribution >= 0.6 is 0 Å². The summed E-state index contributed by atoms with van der Waals surface area (Å²) in [6.07, 6.45) is 13.7. The average Bonchev–Trinajstić information content (AvgIpc) is 2.52. The van der Waals surface area contributed by atoms with E-state index in [4.69, 9.17) is 5.73 Å². The third-order valence-corrected chi connectivity index (χ3v) is 3.37. The highest BCUT2D eigenvalue weighted by Gasteiger charge is 2.17. The monoisotopic (exact) mass is 222 g/mol. The highest BCUT2D eigenvalue weighted by molar-refractivity contribution is 4.99. The fourth-order valence-corrected chi connectivity index (χ4v) is 2.24. The van der Waals surface area contributed by atoms with E-state index in [1.54, 1.807) is 0 Å². The van der Waals surface area contributed by atoms with Crippen molar-refractivity contribution in [2.75, 3.05) is 6.54 Å². The first kappa shape index (κ1) is 13.3. The molecule has 1 rings (SSSR count). The van der Waals surface area contributed by atoms with E-state index in [0.717, 1.165) is 19.4 Å². The molecule has 0 spiro atoms. The second kappa shape index (κ2) is 7.50. The summed E-state index contributed by atoms with van der Waals surface area (Å²) in [6.45, 7) is 5.27. The van der Waals surface area contributed by atoms with Gasteiger partial charge in [0.05, 0.1) is 0 Å². The van der Waals surface area contributed by atoms with E-state index in [1.165, 1.54) is 12.8 Å². The Bertz CT molecular complexity index is 233. The minimum atomic E-state index is 0.585. The van der Waals surface area contributed by atoms with Crippen LogP contribution in [0.2, 0.25) is 0 Å². The standard InChI is InChI=1S/C14H26N2/c1-3-4-5-12(2)14-7-6-13(8-10-15)9-11-16-14/h4-5,9,11-14,16H,3,6-8,10,15H2,1-2H3/b5-4-. The highest BCUT2D eigenvalue weighted by atomic mass is 14.9. The topological polar surface area (TPSA) is 38.0 Å². The van der Waals surface area contributed by atoms with Crippen LogP contribution in [0, 0.1) is 11.8 Å². The molecule has 0 radical (unpaired) electrons. The van der Waals surface area contributed by atoms with Crippen molar-refractivity contribution in [2.24, 2.45) is 17.6 Å². The summed E-state index contributed by atoms with van der Waals surface area (Å²) in [7, 11) is 0. The SMILES string of the molecule is CC/C=C\C(C)C1CCC(CCN)C=CN1. The number of hydrogen-bond acceptors (Lipinski definition) is 2. The number of nitrogens with one attached hydrogen (secondary N) is 1. The molecule has 3 unspecified atom stereocenters. The maximum atomic E-state index is 5.61. The molecule has 92 valence electrons. The van der Waals surface area contributed by atoms with Gasteiger partial charge in [0.1, 0.15) is 0 Å². The van der Waals surface area contributed by atoms with Gasteiger partial charge >= 0.3 is 0 Å². The lowest BCUT2D eigenvalue weighted by atomic mass is 9.92. The summed E-state index contributed by atoms with van der Waals surface area (Å²) in [6, 6.07) is 0.585. The Labute approximate surface area is 100.0 Å². The first-order chi connectivity index (χ1) is 7.77. The summed E-state index contributed by atoms with van der Waals surface area (Å²) in [4.78, 5) is 0. The van der Waals surface area contributed by atoms with Gasteiger partial charge in [-0.25, -0.2) is 0 Å². The summed E-state index contributed by atoms with van der Waals surface area (Å²) in [5.41, 5.74) is 5.61. The van der Waals surface area contributed by atoms with Crippen molar-refractivity contribution >= 4 is 0 Å². The Morgan fingerprint density at radius 3 is 3.00 bits per heavy atom. The Hall–Kier alpha value is -0.760. The molecule has 1 heterocycles. The van der Waals surface area contributed by atoms with E-state index in [-0.39, 0.29) is 0 Å². The van der Waals surface area contributed by atoms with Gasteiger partial charge in [-0.3, -0.25) is 0 Å². The molecule has 16 heavy (non-hydrogen) atoms. The van der Waals surface area contributed by atoms with Crippen molar-refractivity contribution in [2.45, 2.75) is 45.6 Å². The summed E-state index contributed by atoms with van der Waals surface area (Å²) < 4.78 is 0. The van der Waals surface area contributed by atoms with Crippen molar-refractivity contribution in [3.05, 3.63) is 24.4 Å². The molecule has 0 saturated heterocycles. The Balaban J connectivity index is 2.42. The van der Waals surface area contributed by atoms with Crippen LogP contribution in [0.15, 0.2) is 24.4 Å². The van der Waals surface area contributed by atoms with Gasteiger partial charge in [0.25, 0.3) is 0 Å². The van der Waals surface area contributed by atoms with E-state index in [1.807, 2.05) is 0 Å². The highest BCUT2D eigenvalue weighted by Crippen LogP contribution is 2.21. The first-order valence-electron chi connectivity index (χ1n) is 6.57. The second-order valence-corrected chi connectivity index (χ2v) is 4.74. The molecule has 0 saturated carbocycles. The van der Waals surface area contributed by atoms with Gasteiger partial charge < -0.3 is 11.1 Å². The predicted molar refractivity (Wildman–Crippen MR) is 71.1 cm³/mol. The van der Waals surface area contributed by atoms with E-state index in [9.17, 15) is 0 Å². The molecule has 2 heteroatoms. The minimum absolute atomic E-state index is 0.585. The van der Waals surface area contributed by atoms with E-state index < -0.39 is 0 Å². The van der Waals surface area contributed by atoms with Gasteiger partial charge in [0.15, 0.2) is 0 Å². The molecule has 0 aromatic carbocycles. The molecule has 0 aromatic heterocycles. The van der Waals surface area contributed by atoms with Crippen molar-refractivity contribution in [1.82, 2.24) is 5.32 Å². The lowest BCUT2D eigenvalue weighted by Gasteiger charge is -2.21. The van der Waals surface area contributed by atoms with Gasteiger partial charge in [-0.15, -0.1) is 0 Å². The molecule has 3 atom stereocenters. The molecule has 0 aromatic rings. The smallest absolute Gasteiger partial charge is 0.0315 e. The molecule has 0 fully saturated rings. The quantitative estimate of drug-likeness (QED) is 0.702. The maximum Gasteiger partial charge on any atom is 0.0315 e. The van der Waals surface area contributed by atoms with Gasteiger partial charge in [0.2, 0.25) is 0 Å². The molecule has 1 aliphatic heterocycles. The normalized spacial score (nSPS) is 27.7. The number of hydrogen-bond donors (Lipinski definition) is 2. The van der Waals surface area contributed by atoms with E-state index in [0.29, 0.717) is 17.9 Å². The third-order valence-electron chi connectivity index (χ3n) is 3.37. The van der Waals surface area contributed by atoms with Gasteiger partial charge in [0, 0.05) is 6.04 Å². The van der Waals surface area contributed by atoms with Crippen molar-refractivity contribution in [1.29, 1.82) is 0 Å².